The Morgan fingerprint density at radius 2 is 1.78 bits per heavy atom. The van der Waals surface area contributed by atoms with Crippen LogP contribution in [0.4, 0.5) is 20.3 Å². The summed E-state index contributed by atoms with van der Waals surface area (Å²) in [6, 6.07) is 11.9. The van der Waals surface area contributed by atoms with Crippen molar-refractivity contribution in [2.24, 2.45) is 0 Å². The average Bonchev–Trinajstić information content (AvgIpc) is 3.63. The van der Waals surface area contributed by atoms with Gasteiger partial charge < -0.3 is 20.9 Å². The van der Waals surface area contributed by atoms with Crippen molar-refractivity contribution in [2.75, 3.05) is 23.7 Å². The van der Waals surface area contributed by atoms with Crippen molar-refractivity contribution in [2.45, 2.75) is 55.5 Å². The van der Waals surface area contributed by atoms with E-state index in [1.54, 1.807) is 12.3 Å². The first-order chi connectivity index (χ1) is 19.8. The van der Waals surface area contributed by atoms with E-state index in [1.807, 2.05) is 24.3 Å². The Balaban J connectivity index is 1.12. The molecule has 10 heteroatoms. The third-order valence-corrected chi connectivity index (χ3v) is 9.19. The van der Waals surface area contributed by atoms with E-state index in [2.05, 4.69) is 20.9 Å². The van der Waals surface area contributed by atoms with E-state index >= 15 is 0 Å². The molecule has 0 bridgehead atoms. The highest BCUT2D eigenvalue weighted by Crippen LogP contribution is 2.47. The fourth-order valence-electron chi connectivity index (χ4n) is 7.21. The molecule has 3 N–H and O–H groups in total. The lowest BCUT2D eigenvalue weighted by Crippen LogP contribution is -2.64. The van der Waals surface area contributed by atoms with Gasteiger partial charge >= 0.3 is 0 Å². The normalized spacial score (nSPS) is 24.0. The minimum absolute atomic E-state index is 0.0779. The number of hydrogen-bond acceptors (Lipinski definition) is 5. The fraction of sp³-hybridized carbons (Fsp3) is 0.355. The Morgan fingerprint density at radius 1 is 1.02 bits per heavy atom. The van der Waals surface area contributed by atoms with Gasteiger partial charge in [0.1, 0.15) is 24.0 Å². The molecular formula is C31H29F2N5O3. The van der Waals surface area contributed by atoms with Gasteiger partial charge in [0, 0.05) is 30.1 Å². The highest BCUT2D eigenvalue weighted by molar-refractivity contribution is 6.06. The summed E-state index contributed by atoms with van der Waals surface area (Å²) in [7, 11) is 0. The standard InChI is InChI=1S/C31H29F2N5O3/c32-21-10-19(11-22(33)13-21)25-16-35-31(7-1-2-8-31)29(41)38(25)17-26(39)36-23-6-5-18-14-30(15-20(18)12-23)24-4-3-9-34-27(24)37-28(30)40/h3-6,9-13,25,35H,1-2,7-8,14-17H2,(H,36,39)(H,34,37,40). The van der Waals surface area contributed by atoms with Gasteiger partial charge in [0.2, 0.25) is 17.7 Å². The summed E-state index contributed by atoms with van der Waals surface area (Å²) in [5, 5.41) is 9.15. The molecule has 3 heterocycles. The number of carbonyl (C=O) groups is 3. The summed E-state index contributed by atoms with van der Waals surface area (Å²) in [5.41, 5.74) is 2.26. The van der Waals surface area contributed by atoms with Crippen LogP contribution in [0.15, 0.2) is 54.7 Å². The molecule has 2 unspecified atom stereocenters. The lowest BCUT2D eigenvalue weighted by Gasteiger charge is -2.45. The van der Waals surface area contributed by atoms with Crippen LogP contribution in [-0.2, 0) is 32.6 Å². The molecule has 1 saturated heterocycles. The third-order valence-electron chi connectivity index (χ3n) is 9.19. The molecule has 1 aromatic heterocycles. The first-order valence-electron chi connectivity index (χ1n) is 14.0. The summed E-state index contributed by atoms with van der Waals surface area (Å²) in [6.45, 7) is 0.0365. The van der Waals surface area contributed by atoms with E-state index < -0.39 is 34.5 Å². The van der Waals surface area contributed by atoms with Crippen LogP contribution in [0, 0.1) is 11.6 Å². The maximum absolute atomic E-state index is 14.1. The molecule has 7 rings (SSSR count). The van der Waals surface area contributed by atoms with Gasteiger partial charge in [-0.2, -0.15) is 0 Å². The molecule has 2 fully saturated rings. The monoisotopic (exact) mass is 557 g/mol. The number of aromatic nitrogens is 1. The smallest absolute Gasteiger partial charge is 0.244 e. The first kappa shape index (κ1) is 25.8. The molecule has 2 aliphatic carbocycles. The molecule has 2 spiro atoms. The van der Waals surface area contributed by atoms with E-state index in [0.29, 0.717) is 49.3 Å². The number of anilines is 2. The zero-order valence-electron chi connectivity index (χ0n) is 22.3. The van der Waals surface area contributed by atoms with Crippen molar-refractivity contribution in [1.82, 2.24) is 15.2 Å². The molecule has 2 atom stereocenters. The SMILES string of the molecule is O=C(CN1C(=O)C2(CCCC2)NCC1c1cc(F)cc(F)c1)Nc1ccc2c(c1)CC1(C2)C(=O)Nc2ncccc21. The Hall–Kier alpha value is -4.18. The van der Waals surface area contributed by atoms with Gasteiger partial charge in [-0.15, -0.1) is 0 Å². The summed E-state index contributed by atoms with van der Waals surface area (Å²) in [4.78, 5) is 45.9. The molecule has 2 aromatic carbocycles. The van der Waals surface area contributed by atoms with Crippen molar-refractivity contribution in [3.8, 4) is 0 Å². The molecule has 3 aromatic rings. The van der Waals surface area contributed by atoms with Gasteiger partial charge in [-0.05, 0) is 72.7 Å². The molecular weight excluding hydrogens is 528 g/mol. The molecule has 0 radical (unpaired) electrons. The lowest BCUT2D eigenvalue weighted by molar-refractivity contribution is -0.147. The highest BCUT2D eigenvalue weighted by atomic mass is 19.1. The van der Waals surface area contributed by atoms with E-state index in [1.165, 1.54) is 17.0 Å². The number of nitrogens with zero attached hydrogens (tertiary/aromatic N) is 2. The maximum Gasteiger partial charge on any atom is 0.244 e. The third kappa shape index (κ3) is 4.20. The Labute approximate surface area is 235 Å². The number of pyridine rings is 1. The lowest BCUT2D eigenvalue weighted by atomic mass is 9.79. The number of amides is 3. The number of nitrogens with one attached hydrogen (secondary N) is 3. The number of carbonyl (C=O) groups excluding carboxylic acids is 3. The van der Waals surface area contributed by atoms with Crippen LogP contribution in [0.25, 0.3) is 0 Å². The molecule has 8 nitrogen and oxygen atoms in total. The summed E-state index contributed by atoms with van der Waals surface area (Å²) in [6.07, 6.45) is 5.80. The Bertz CT molecular complexity index is 1580. The van der Waals surface area contributed by atoms with Crippen molar-refractivity contribution in [3.63, 3.8) is 0 Å². The topological polar surface area (TPSA) is 103 Å². The second-order valence-corrected chi connectivity index (χ2v) is 11.6. The molecule has 4 aliphatic rings. The number of hydrogen-bond donors (Lipinski definition) is 3. The van der Waals surface area contributed by atoms with Crippen LogP contribution < -0.4 is 16.0 Å². The summed E-state index contributed by atoms with van der Waals surface area (Å²) < 4.78 is 28.2. The number of halogens is 2. The molecule has 3 amide bonds. The van der Waals surface area contributed by atoms with E-state index in [0.717, 1.165) is 35.6 Å². The van der Waals surface area contributed by atoms with Crippen LogP contribution in [0.5, 0.6) is 0 Å². The minimum Gasteiger partial charge on any atom is -0.325 e. The largest absolute Gasteiger partial charge is 0.325 e. The van der Waals surface area contributed by atoms with Crippen molar-refractivity contribution < 1.29 is 23.2 Å². The highest BCUT2D eigenvalue weighted by Gasteiger charge is 2.51. The van der Waals surface area contributed by atoms with E-state index in [9.17, 15) is 23.2 Å². The molecule has 1 saturated carbocycles. The first-order valence-corrected chi connectivity index (χ1v) is 14.0. The number of rotatable bonds is 4. The number of benzene rings is 2. The molecule has 2 aliphatic heterocycles. The average molecular weight is 558 g/mol. The quantitative estimate of drug-likeness (QED) is 0.453. The minimum atomic E-state index is -0.752. The second-order valence-electron chi connectivity index (χ2n) is 11.6. The van der Waals surface area contributed by atoms with Crippen LogP contribution in [0.3, 0.4) is 0 Å². The van der Waals surface area contributed by atoms with Crippen LogP contribution in [0.2, 0.25) is 0 Å². The van der Waals surface area contributed by atoms with Crippen LogP contribution in [0.1, 0.15) is 54.0 Å². The second kappa shape index (κ2) is 9.44. The Kier molecular flexibility index (Phi) is 5.93. The molecule has 210 valence electrons. The number of piperazine rings is 1. The van der Waals surface area contributed by atoms with E-state index in [4.69, 9.17) is 0 Å². The maximum atomic E-state index is 14.1. The Morgan fingerprint density at radius 3 is 2.56 bits per heavy atom. The predicted molar refractivity (Wildman–Crippen MR) is 147 cm³/mol. The van der Waals surface area contributed by atoms with Gasteiger partial charge in [-0.1, -0.05) is 25.0 Å². The predicted octanol–water partition coefficient (Wildman–Crippen LogP) is 3.77. The summed E-state index contributed by atoms with van der Waals surface area (Å²) >= 11 is 0. The van der Waals surface area contributed by atoms with Gasteiger partial charge in [0.05, 0.1) is 17.0 Å². The van der Waals surface area contributed by atoms with E-state index in [-0.39, 0.29) is 18.4 Å². The van der Waals surface area contributed by atoms with Crippen LogP contribution in [-0.4, -0.2) is 46.2 Å². The van der Waals surface area contributed by atoms with Gasteiger partial charge in [-0.25, -0.2) is 13.8 Å². The van der Waals surface area contributed by atoms with Gasteiger partial charge in [0.15, 0.2) is 0 Å². The van der Waals surface area contributed by atoms with Crippen molar-refractivity contribution >= 4 is 29.2 Å². The zero-order valence-corrected chi connectivity index (χ0v) is 22.3. The van der Waals surface area contributed by atoms with Crippen molar-refractivity contribution in [3.05, 3.63) is 88.6 Å². The van der Waals surface area contributed by atoms with Gasteiger partial charge in [0.25, 0.3) is 0 Å². The summed E-state index contributed by atoms with van der Waals surface area (Å²) in [5.74, 6) is -1.58. The zero-order chi connectivity index (χ0) is 28.4. The fourth-order valence-corrected chi connectivity index (χ4v) is 7.21. The van der Waals surface area contributed by atoms with Crippen molar-refractivity contribution in [1.29, 1.82) is 0 Å². The molecule has 41 heavy (non-hydrogen) atoms. The number of fused-ring (bicyclic) bond motifs is 3. The van der Waals surface area contributed by atoms with Crippen LogP contribution >= 0.6 is 0 Å². The van der Waals surface area contributed by atoms with Gasteiger partial charge in [-0.3, -0.25) is 14.4 Å².